The second-order valence-electron chi connectivity index (χ2n) is 37.3. The molecule has 12 fully saturated rings. The topological polar surface area (TPSA) is 985 Å². The Kier molecular flexibility index (Phi) is 42.8. The highest BCUT2D eigenvalue weighted by Gasteiger charge is 2.64. The second kappa shape index (κ2) is 52.2. The van der Waals surface area contributed by atoms with Crippen molar-refractivity contribution in [2.45, 2.75) is 417 Å². The fourth-order valence-corrected chi connectivity index (χ4v) is 19.1. The van der Waals surface area contributed by atoms with E-state index in [-0.39, 0.29) is 0 Å². The van der Waals surface area contributed by atoms with Crippen molar-refractivity contribution < 1.29 is 291 Å². The van der Waals surface area contributed by atoms with Crippen molar-refractivity contribution in [1.29, 1.82) is 0 Å². The monoisotopic (exact) mass is 2140 g/mol. The smallest absolute Gasteiger partial charge is 0.217 e. The van der Waals surface area contributed by atoms with Crippen LogP contribution in [-0.2, 0) is 133 Å². The molecular weight excluding hydrogens is 2000 g/mol. The highest BCUT2D eigenvalue weighted by Crippen LogP contribution is 2.43. The fourth-order valence-electron chi connectivity index (χ4n) is 19.1. The van der Waals surface area contributed by atoms with Gasteiger partial charge in [-0.3, -0.25) is 24.0 Å². The third-order valence-corrected chi connectivity index (χ3v) is 27.0. The molecule has 12 aliphatic rings. The van der Waals surface area contributed by atoms with Crippen LogP contribution in [-0.4, -0.2) is 622 Å². The highest BCUT2D eigenvalue weighted by molar-refractivity contribution is 5.75. The minimum absolute atomic E-state index is 0.876. The van der Waals surface area contributed by atoms with Crippen LogP contribution in [0.4, 0.5) is 0 Å². The Morgan fingerprint density at radius 3 is 0.801 bits per heavy atom. The van der Waals surface area contributed by atoms with E-state index >= 15 is 0 Å². The van der Waals surface area contributed by atoms with Crippen LogP contribution in [0.2, 0.25) is 0 Å². The Labute approximate surface area is 827 Å². The molecule has 60 atom stereocenters. The van der Waals surface area contributed by atoms with Gasteiger partial charge in [0.15, 0.2) is 75.5 Å². The van der Waals surface area contributed by atoms with Crippen molar-refractivity contribution in [3.63, 3.8) is 0 Å². The second-order valence-corrected chi connectivity index (χ2v) is 37.3. The Morgan fingerprint density at radius 1 is 0.192 bits per heavy atom. The number of amides is 5. The van der Waals surface area contributed by atoms with E-state index in [1.807, 2.05) is 0 Å². The number of carbonyl (C=O) groups excluding carboxylic acids is 5. The van der Waals surface area contributed by atoms with Gasteiger partial charge in [0.05, 0.1) is 78.3 Å². The minimum atomic E-state index is -2.86. The first-order valence-electron chi connectivity index (χ1n) is 46.9. The van der Waals surface area contributed by atoms with Crippen LogP contribution in [0.25, 0.3) is 0 Å². The normalized spacial score (nSPS) is 49.8. The lowest BCUT2D eigenvalue weighted by atomic mass is 9.93. The van der Waals surface area contributed by atoms with Crippen molar-refractivity contribution in [1.82, 2.24) is 26.6 Å². The number of nitrogens with one attached hydrogen (secondary N) is 5. The molecule has 12 rings (SSSR count). The van der Waals surface area contributed by atoms with Gasteiger partial charge < -0.3 is 294 Å². The molecule has 12 saturated heterocycles. The zero-order valence-corrected chi connectivity index (χ0v) is 79.0. The molecule has 36 N–H and O–H groups in total. The number of carbonyl (C=O) groups is 5. The summed E-state index contributed by atoms with van der Waals surface area (Å²) in [5, 5.41) is 364. The third-order valence-electron chi connectivity index (χ3n) is 27.0. The van der Waals surface area contributed by atoms with E-state index in [2.05, 4.69) is 26.6 Å². The largest absolute Gasteiger partial charge is 0.394 e. The van der Waals surface area contributed by atoms with Crippen molar-refractivity contribution in [3.05, 3.63) is 0 Å². The summed E-state index contributed by atoms with van der Waals surface area (Å²) in [6.07, 6.45) is -119. The van der Waals surface area contributed by atoms with E-state index < -0.39 is 464 Å². The number of rotatable bonds is 37. The average Bonchev–Trinajstić information content (AvgIpc) is 0.755. The average molecular weight is 2140 g/mol. The van der Waals surface area contributed by atoms with E-state index in [1.54, 1.807) is 0 Å². The van der Waals surface area contributed by atoms with E-state index in [0.29, 0.717) is 0 Å². The first kappa shape index (κ1) is 120. The summed E-state index contributed by atoms with van der Waals surface area (Å²) in [4.78, 5) is 66.3. The zero-order valence-electron chi connectivity index (χ0n) is 79.0. The molecule has 12 aliphatic heterocycles. The molecule has 1 unspecified atom stereocenters. The Hall–Kier alpha value is -4.81. The van der Waals surface area contributed by atoms with E-state index in [0.717, 1.165) is 34.6 Å². The first-order chi connectivity index (χ1) is 69.0. The molecule has 0 saturated carbocycles. The molecule has 0 spiro atoms. The Balaban J connectivity index is 0.949. The number of hydrogen-bond acceptors (Lipinski definition) is 59. The number of ether oxygens (including phenoxy) is 23. The van der Waals surface area contributed by atoms with Gasteiger partial charge in [0.2, 0.25) is 29.5 Å². The van der Waals surface area contributed by atoms with Gasteiger partial charge in [-0.2, -0.15) is 0 Å². The van der Waals surface area contributed by atoms with E-state index in [9.17, 15) is 182 Å². The summed E-state index contributed by atoms with van der Waals surface area (Å²) in [6.45, 7) is -5.16. The van der Waals surface area contributed by atoms with Gasteiger partial charge in [0.25, 0.3) is 0 Å². The quantitative estimate of drug-likeness (QED) is 0.0275. The summed E-state index contributed by atoms with van der Waals surface area (Å²) in [7, 11) is 0. The predicted octanol–water partition coefficient (Wildman–Crippen LogP) is -24.4. The standard InChI is InChI=1S/C82H137N5O59/c1-18-40(101)52(113)58(119)76(126-18)124-16-33-65(48(109)35(71(123)128-33)83-20(3)96)138-73-37(85-22(5)98)49(110)63(31(14-94)134-73)140-79-61(122)67(143-82-69(56(117)45(106)29(12-92)133-82)145-75-38(86-23(6)99)50(111)62(30(13-93)135-75)139-78-60(121)54(115)43(104)26(9-89)130-78)66(142-72-36(84-21(4)97)47(108)42(103)25(8-88)129-72)34(137-79)17-125-80-68(55(116)44(105)27(10-90)131-80)144-74-39(87-24(7)100)51(112)64(32(15-95)136-74)141-81-70(57(118)46(107)28(11-91)132-81)146-77-59(120)53(114)41(102)19(2)127-77/h18-19,25-82,88-95,101-123H,8-17H2,1-7H3,(H,83,96)(H,84,97)(H,85,98)(H,86,99)(H,87,100)/t18-,19-,25+,26+,27+,28+,29+,30+,31+,32+,33+,34+,35+,36+,37+,38+,39+,40+,41+,42+,43-,44+,45+,46-,47+,48+,49+,50+,51+,52+,53+,54-,55-,56-,57-,58-,59-,60+,61-,62+,63+,64+,65+,66+,67+,68-,69-,70+,71?,72-,73-,74-,75-,76+,77-,78-,79-,80-,81-,82+/m0/s1. The van der Waals surface area contributed by atoms with Crippen LogP contribution < -0.4 is 26.6 Å². The third kappa shape index (κ3) is 26.4. The maximum absolute atomic E-state index is 13.6. The lowest BCUT2D eigenvalue weighted by molar-refractivity contribution is -0.409. The number of aliphatic hydroxyl groups is 31. The summed E-state index contributed by atoms with van der Waals surface area (Å²) in [5.74, 6) is -5.10. The molecule has 0 bridgehead atoms. The van der Waals surface area contributed by atoms with Crippen molar-refractivity contribution >= 4 is 29.5 Å². The maximum Gasteiger partial charge on any atom is 0.217 e. The molecule has 64 heteroatoms. The summed E-state index contributed by atoms with van der Waals surface area (Å²) >= 11 is 0. The molecule has 64 nitrogen and oxygen atoms in total. The molecular formula is C82H137N5O59. The van der Waals surface area contributed by atoms with Gasteiger partial charge in [0.1, 0.15) is 280 Å². The van der Waals surface area contributed by atoms with E-state index in [1.165, 1.54) is 13.8 Å². The van der Waals surface area contributed by atoms with Crippen molar-refractivity contribution in [2.75, 3.05) is 66.1 Å². The highest BCUT2D eigenvalue weighted by atomic mass is 16.8. The number of hydrogen-bond donors (Lipinski definition) is 36. The van der Waals surface area contributed by atoms with E-state index in [4.69, 9.17) is 109 Å². The van der Waals surface area contributed by atoms with Crippen LogP contribution in [0.5, 0.6) is 0 Å². The molecule has 0 aliphatic carbocycles. The van der Waals surface area contributed by atoms with Crippen LogP contribution in [0.3, 0.4) is 0 Å². The van der Waals surface area contributed by atoms with Gasteiger partial charge in [-0.15, -0.1) is 0 Å². The van der Waals surface area contributed by atoms with Crippen LogP contribution in [0.15, 0.2) is 0 Å². The maximum atomic E-state index is 13.6. The Morgan fingerprint density at radius 2 is 0.418 bits per heavy atom. The molecule has 5 amide bonds. The molecule has 0 aromatic carbocycles. The van der Waals surface area contributed by atoms with Crippen LogP contribution >= 0.6 is 0 Å². The van der Waals surface area contributed by atoms with Gasteiger partial charge >= 0.3 is 0 Å². The van der Waals surface area contributed by atoms with Gasteiger partial charge in [-0.05, 0) is 13.8 Å². The van der Waals surface area contributed by atoms with Crippen LogP contribution in [0, 0.1) is 0 Å². The molecule has 146 heavy (non-hydrogen) atoms. The molecule has 12 heterocycles. The summed E-state index contributed by atoms with van der Waals surface area (Å²) in [5.41, 5.74) is 0. The van der Waals surface area contributed by atoms with Crippen molar-refractivity contribution in [3.8, 4) is 0 Å². The van der Waals surface area contributed by atoms with Gasteiger partial charge in [-0.1, -0.05) is 0 Å². The predicted molar refractivity (Wildman–Crippen MR) is 450 cm³/mol. The van der Waals surface area contributed by atoms with Crippen molar-refractivity contribution in [2.24, 2.45) is 0 Å². The summed E-state index contributed by atoms with van der Waals surface area (Å²) < 4.78 is 140. The fraction of sp³-hybridized carbons (Fsp3) is 0.939. The first-order valence-corrected chi connectivity index (χ1v) is 46.9. The SMILES string of the molecule is CC(=O)N[C@H]1[C@H](O[C@H]2[C@H](O)[C@@H](NC(C)=O)C(O)O[C@@H]2CO[C@@H]2O[C@@H](C)[C@@H](O)[C@@H](O)[C@@H]2O)O[C@H](CO)[C@@H](O[C@@H]2O[C@H](CO[C@H]3O[C@H](CO)[C@@H](O)[C@H](O)[C@@H]3O[C@@H]3O[C@H](CO)[C@@H](O[C@@H]4O[C@H](CO)[C@H](O)[C@H](O)[C@H]4O[C@@H]4O[C@@H](C)[C@@H](O)[C@@H](O)[C@@H]4O)[C@H](O)[C@H]3NC(C)=O)[C@@H](O[C@@H]3O[C@H](CO)[C@@H](O)[C@H](O)[C@H]3NC(C)=O)[C@H](O[C@H]3O[C@H](CO)[C@@H](O)[C@H](O)[C@@H]3O[C@@H]3O[C@H](CO)[C@@H](O[C@@H]4O[C@H](CO)[C@H](O)[C@H](O)[C@H]4O)[C@H](O)[C@H]3NC(C)=O)[C@@H]2O)[C@@H]1O. The Bertz CT molecular complexity index is 4090. The van der Waals surface area contributed by atoms with Gasteiger partial charge in [-0.25, -0.2) is 0 Å². The summed E-state index contributed by atoms with van der Waals surface area (Å²) in [6, 6.07) is -10.3. The lowest BCUT2D eigenvalue weighted by Crippen LogP contribution is -2.72. The minimum Gasteiger partial charge on any atom is -0.394 e. The lowest BCUT2D eigenvalue weighted by Gasteiger charge is -2.52. The zero-order chi connectivity index (χ0) is 107. The molecule has 0 aromatic heterocycles. The molecule has 844 valence electrons. The number of aliphatic hydroxyl groups excluding tert-OH is 31. The molecule has 0 aromatic rings. The van der Waals surface area contributed by atoms with Crippen LogP contribution in [0.1, 0.15) is 48.5 Å². The van der Waals surface area contributed by atoms with Gasteiger partial charge in [0, 0.05) is 34.6 Å². The molecule has 0 radical (unpaired) electrons.